The normalized spacial score (nSPS) is 25.1. The summed E-state index contributed by atoms with van der Waals surface area (Å²) in [5, 5.41) is 3.43. The van der Waals surface area contributed by atoms with Crippen LogP contribution >= 0.6 is 11.6 Å². The van der Waals surface area contributed by atoms with Crippen molar-refractivity contribution in [3.05, 3.63) is 34.9 Å². The molecule has 1 aromatic rings. The molecule has 2 saturated heterocycles. The van der Waals surface area contributed by atoms with Gasteiger partial charge in [0.25, 0.3) is 0 Å². The molecule has 2 heterocycles. The number of Topliss-reactive ketones (excluding diaryl/α,β-unsaturated/α-hetero) is 1. The van der Waals surface area contributed by atoms with Crippen LogP contribution in [0.4, 0.5) is 4.79 Å². The monoisotopic (exact) mass is 405 g/mol. The van der Waals surface area contributed by atoms with Crippen molar-refractivity contribution in [2.75, 3.05) is 19.6 Å². The van der Waals surface area contributed by atoms with Crippen molar-refractivity contribution in [3.8, 4) is 0 Å². The average Bonchev–Trinajstić information content (AvgIpc) is 3.10. The Kier molecular flexibility index (Phi) is 5.98. The van der Waals surface area contributed by atoms with Gasteiger partial charge in [0.1, 0.15) is 5.54 Å². The van der Waals surface area contributed by atoms with Crippen LogP contribution in [0.1, 0.15) is 39.2 Å². The first-order chi connectivity index (χ1) is 13.3. The number of carbonyl (C=O) groups excluding carboxylic acids is 3. The number of hydrogen-bond acceptors (Lipinski definition) is 3. The number of nitrogens with zero attached hydrogens (tertiary/aromatic N) is 2. The van der Waals surface area contributed by atoms with E-state index in [0.717, 1.165) is 5.56 Å². The van der Waals surface area contributed by atoms with E-state index in [2.05, 4.69) is 5.32 Å². The summed E-state index contributed by atoms with van der Waals surface area (Å²) in [6, 6.07) is 7.13. The van der Waals surface area contributed by atoms with Gasteiger partial charge in [-0.1, -0.05) is 37.6 Å². The smallest absolute Gasteiger partial charge is 0.317 e. The standard InChI is InChI=1S/C21H28ClN3O3/c1-4-23-20(28)24-10-9-21(13-24)19(27)17(14(2)3)11-18(26)25(21)12-15-5-7-16(22)8-6-15/h5-8,14,17H,4,9-13H2,1-3H3,(H,23,28). The predicted octanol–water partition coefficient (Wildman–Crippen LogP) is 3.09. The second-order valence-corrected chi connectivity index (χ2v) is 8.50. The minimum atomic E-state index is -0.949. The lowest BCUT2D eigenvalue weighted by Crippen LogP contribution is -2.64. The molecule has 3 rings (SSSR count). The molecule has 2 aliphatic heterocycles. The van der Waals surface area contributed by atoms with Crippen LogP contribution in [0.3, 0.4) is 0 Å². The first-order valence-electron chi connectivity index (χ1n) is 9.90. The summed E-state index contributed by atoms with van der Waals surface area (Å²) in [6.07, 6.45) is 0.707. The van der Waals surface area contributed by atoms with E-state index in [-0.39, 0.29) is 42.5 Å². The first kappa shape index (κ1) is 20.6. The van der Waals surface area contributed by atoms with Crippen LogP contribution in [0.2, 0.25) is 5.02 Å². The molecule has 0 aliphatic carbocycles. The number of ketones is 1. The summed E-state index contributed by atoms with van der Waals surface area (Å²) < 4.78 is 0. The van der Waals surface area contributed by atoms with Crippen molar-refractivity contribution in [3.63, 3.8) is 0 Å². The van der Waals surface area contributed by atoms with E-state index < -0.39 is 5.54 Å². The fourth-order valence-electron chi connectivity index (χ4n) is 4.31. The summed E-state index contributed by atoms with van der Waals surface area (Å²) in [6.45, 7) is 7.41. The van der Waals surface area contributed by atoms with E-state index in [1.807, 2.05) is 32.9 Å². The van der Waals surface area contributed by atoms with Crippen LogP contribution in [0.15, 0.2) is 24.3 Å². The Bertz CT molecular complexity index is 765. The molecule has 0 radical (unpaired) electrons. The molecule has 1 N–H and O–H groups in total. The van der Waals surface area contributed by atoms with Crippen LogP contribution in [-0.2, 0) is 16.1 Å². The maximum atomic E-state index is 13.5. The third kappa shape index (κ3) is 3.75. The minimum Gasteiger partial charge on any atom is -0.338 e. The maximum absolute atomic E-state index is 13.5. The summed E-state index contributed by atoms with van der Waals surface area (Å²) in [4.78, 5) is 42.4. The van der Waals surface area contributed by atoms with Crippen molar-refractivity contribution in [2.45, 2.75) is 45.7 Å². The molecule has 2 fully saturated rings. The van der Waals surface area contributed by atoms with Gasteiger partial charge in [-0.2, -0.15) is 0 Å². The van der Waals surface area contributed by atoms with Gasteiger partial charge in [0.2, 0.25) is 5.91 Å². The summed E-state index contributed by atoms with van der Waals surface area (Å²) in [5.41, 5.74) is -0.0287. The number of piperidine rings is 1. The second-order valence-electron chi connectivity index (χ2n) is 8.06. The molecule has 152 valence electrons. The minimum absolute atomic E-state index is 0.0222. The van der Waals surface area contributed by atoms with Crippen molar-refractivity contribution in [1.29, 1.82) is 0 Å². The van der Waals surface area contributed by atoms with Gasteiger partial charge in [-0.05, 0) is 37.0 Å². The number of amides is 3. The molecule has 28 heavy (non-hydrogen) atoms. The third-order valence-electron chi connectivity index (χ3n) is 5.93. The number of halogens is 1. The molecular formula is C21H28ClN3O3. The molecule has 2 aliphatic rings. The van der Waals surface area contributed by atoms with Crippen LogP contribution < -0.4 is 5.32 Å². The number of urea groups is 1. The molecular weight excluding hydrogens is 378 g/mol. The fourth-order valence-corrected chi connectivity index (χ4v) is 4.44. The zero-order chi connectivity index (χ0) is 20.5. The van der Waals surface area contributed by atoms with Gasteiger partial charge in [0.15, 0.2) is 5.78 Å². The Balaban J connectivity index is 1.93. The number of nitrogens with one attached hydrogen (secondary N) is 1. The van der Waals surface area contributed by atoms with Gasteiger partial charge in [0.05, 0.1) is 6.54 Å². The van der Waals surface area contributed by atoms with Gasteiger partial charge in [-0.15, -0.1) is 0 Å². The SMILES string of the molecule is CCNC(=O)N1CCC2(C1)C(=O)C(C(C)C)CC(=O)N2Cc1ccc(Cl)cc1. The molecule has 1 aromatic carbocycles. The van der Waals surface area contributed by atoms with E-state index in [9.17, 15) is 14.4 Å². The zero-order valence-corrected chi connectivity index (χ0v) is 17.5. The van der Waals surface area contributed by atoms with Crippen molar-refractivity contribution < 1.29 is 14.4 Å². The van der Waals surface area contributed by atoms with Gasteiger partial charge >= 0.3 is 6.03 Å². The largest absolute Gasteiger partial charge is 0.338 e. The second kappa shape index (κ2) is 8.11. The third-order valence-corrected chi connectivity index (χ3v) is 6.18. The number of likely N-dealkylation sites (tertiary alicyclic amines) is 2. The van der Waals surface area contributed by atoms with Crippen LogP contribution in [0.25, 0.3) is 0 Å². The molecule has 1 spiro atoms. The molecule has 2 unspecified atom stereocenters. The van der Waals surface area contributed by atoms with E-state index in [4.69, 9.17) is 11.6 Å². The predicted molar refractivity (Wildman–Crippen MR) is 108 cm³/mol. The van der Waals surface area contributed by atoms with Crippen LogP contribution in [0.5, 0.6) is 0 Å². The lowest BCUT2D eigenvalue weighted by atomic mass is 9.73. The quantitative estimate of drug-likeness (QED) is 0.836. The topological polar surface area (TPSA) is 69.7 Å². The molecule has 6 nitrogen and oxygen atoms in total. The van der Waals surface area contributed by atoms with E-state index in [1.54, 1.807) is 21.9 Å². The molecule has 7 heteroatoms. The van der Waals surface area contributed by atoms with Gasteiger partial charge in [-0.25, -0.2) is 4.79 Å². The highest BCUT2D eigenvalue weighted by Gasteiger charge is 2.57. The molecule has 2 atom stereocenters. The number of hydrogen-bond donors (Lipinski definition) is 1. The molecule has 3 amide bonds. The first-order valence-corrected chi connectivity index (χ1v) is 10.3. The Labute approximate surface area is 171 Å². The Hall–Kier alpha value is -2.08. The number of carbonyl (C=O) groups is 3. The summed E-state index contributed by atoms with van der Waals surface area (Å²) >= 11 is 5.98. The summed E-state index contributed by atoms with van der Waals surface area (Å²) in [7, 11) is 0. The average molecular weight is 406 g/mol. The Morgan fingerprint density at radius 3 is 2.57 bits per heavy atom. The van der Waals surface area contributed by atoms with Crippen molar-refractivity contribution >= 4 is 29.3 Å². The highest BCUT2D eigenvalue weighted by atomic mass is 35.5. The Morgan fingerprint density at radius 2 is 1.96 bits per heavy atom. The maximum Gasteiger partial charge on any atom is 0.317 e. The lowest BCUT2D eigenvalue weighted by Gasteiger charge is -2.47. The summed E-state index contributed by atoms with van der Waals surface area (Å²) in [5.74, 6) is -0.151. The molecule has 0 aromatic heterocycles. The van der Waals surface area contributed by atoms with E-state index in [0.29, 0.717) is 31.1 Å². The highest BCUT2D eigenvalue weighted by molar-refractivity contribution is 6.30. The lowest BCUT2D eigenvalue weighted by molar-refractivity contribution is -0.158. The number of benzene rings is 1. The van der Waals surface area contributed by atoms with Crippen LogP contribution in [0, 0.1) is 11.8 Å². The van der Waals surface area contributed by atoms with Crippen LogP contribution in [-0.4, -0.2) is 52.7 Å². The molecule has 0 saturated carbocycles. The molecule has 0 bridgehead atoms. The van der Waals surface area contributed by atoms with E-state index in [1.165, 1.54) is 0 Å². The number of rotatable bonds is 4. The Morgan fingerprint density at radius 1 is 1.29 bits per heavy atom. The zero-order valence-electron chi connectivity index (χ0n) is 16.7. The van der Waals surface area contributed by atoms with Gasteiger partial charge < -0.3 is 15.1 Å². The van der Waals surface area contributed by atoms with E-state index >= 15 is 0 Å². The fraction of sp³-hybridized carbons (Fsp3) is 0.571. The van der Waals surface area contributed by atoms with Gasteiger partial charge in [0, 0.05) is 37.0 Å². The van der Waals surface area contributed by atoms with Crippen molar-refractivity contribution in [2.24, 2.45) is 11.8 Å². The van der Waals surface area contributed by atoms with Gasteiger partial charge in [-0.3, -0.25) is 9.59 Å². The highest BCUT2D eigenvalue weighted by Crippen LogP contribution is 2.40. The van der Waals surface area contributed by atoms with Crippen molar-refractivity contribution in [1.82, 2.24) is 15.1 Å².